The van der Waals surface area contributed by atoms with Gasteiger partial charge in [-0.05, 0) is 25.7 Å². The molecule has 130 valence electrons. The number of nitrogens with one attached hydrogen (secondary N) is 1. The summed E-state index contributed by atoms with van der Waals surface area (Å²) < 4.78 is 0. The fraction of sp³-hybridized carbons (Fsp3) is 0.421. The van der Waals surface area contributed by atoms with Crippen LogP contribution < -0.4 is 5.32 Å². The van der Waals surface area contributed by atoms with E-state index in [1.54, 1.807) is 11.3 Å². The first-order valence-corrected chi connectivity index (χ1v) is 9.66. The minimum absolute atomic E-state index is 0.0134. The van der Waals surface area contributed by atoms with Gasteiger partial charge in [-0.25, -0.2) is 4.98 Å². The SMILES string of the molecule is O=C(Cc1csc(-c2ccccc2)n1)N1CCCC12CCCNC2=O. The third kappa shape index (κ3) is 2.95. The molecule has 1 spiro atoms. The summed E-state index contributed by atoms with van der Waals surface area (Å²) in [6, 6.07) is 9.98. The van der Waals surface area contributed by atoms with Gasteiger partial charge in [-0.3, -0.25) is 9.59 Å². The van der Waals surface area contributed by atoms with Gasteiger partial charge in [-0.2, -0.15) is 0 Å². The van der Waals surface area contributed by atoms with E-state index in [2.05, 4.69) is 10.3 Å². The van der Waals surface area contributed by atoms with Gasteiger partial charge in [0.1, 0.15) is 10.5 Å². The zero-order valence-electron chi connectivity index (χ0n) is 14.0. The van der Waals surface area contributed by atoms with Gasteiger partial charge in [0.25, 0.3) is 0 Å². The largest absolute Gasteiger partial charge is 0.354 e. The van der Waals surface area contributed by atoms with Gasteiger partial charge in [-0.1, -0.05) is 30.3 Å². The summed E-state index contributed by atoms with van der Waals surface area (Å²) >= 11 is 1.55. The van der Waals surface area contributed by atoms with Crippen molar-refractivity contribution >= 4 is 23.2 Å². The van der Waals surface area contributed by atoms with E-state index in [0.717, 1.165) is 48.5 Å². The second kappa shape index (κ2) is 6.59. The molecule has 2 saturated heterocycles. The van der Waals surface area contributed by atoms with Gasteiger partial charge >= 0.3 is 0 Å². The second-order valence-electron chi connectivity index (χ2n) is 6.73. The van der Waals surface area contributed by atoms with Gasteiger partial charge < -0.3 is 10.2 Å². The zero-order chi connectivity index (χ0) is 17.3. The van der Waals surface area contributed by atoms with E-state index >= 15 is 0 Å². The van der Waals surface area contributed by atoms with Crippen molar-refractivity contribution in [2.45, 2.75) is 37.6 Å². The first-order chi connectivity index (χ1) is 12.2. The van der Waals surface area contributed by atoms with Crippen molar-refractivity contribution in [2.24, 2.45) is 0 Å². The van der Waals surface area contributed by atoms with E-state index in [1.807, 2.05) is 40.6 Å². The fourth-order valence-electron chi connectivity index (χ4n) is 3.95. The first kappa shape index (κ1) is 16.3. The maximum Gasteiger partial charge on any atom is 0.245 e. The summed E-state index contributed by atoms with van der Waals surface area (Å²) in [5, 5.41) is 5.82. The Balaban J connectivity index is 1.50. The summed E-state index contributed by atoms with van der Waals surface area (Å²) in [6.07, 6.45) is 3.64. The van der Waals surface area contributed by atoms with Crippen molar-refractivity contribution in [3.05, 3.63) is 41.4 Å². The average molecular weight is 355 g/mol. The molecule has 4 rings (SSSR count). The number of hydrogen-bond acceptors (Lipinski definition) is 4. The topological polar surface area (TPSA) is 62.3 Å². The molecule has 1 N–H and O–H groups in total. The van der Waals surface area contributed by atoms with Crippen LogP contribution in [-0.4, -0.2) is 40.3 Å². The number of piperidine rings is 1. The zero-order valence-corrected chi connectivity index (χ0v) is 14.8. The molecular formula is C19H21N3O2S. The van der Waals surface area contributed by atoms with Crippen molar-refractivity contribution in [1.82, 2.24) is 15.2 Å². The standard InChI is InChI=1S/C19H21N3O2S/c23-16(22-11-5-9-19(22)8-4-10-20-18(19)24)12-15-13-25-17(21-15)14-6-2-1-3-7-14/h1-3,6-7,13H,4-5,8-12H2,(H,20,24). The lowest BCUT2D eigenvalue weighted by Crippen LogP contribution is -2.60. The Kier molecular flexibility index (Phi) is 4.29. The molecule has 0 saturated carbocycles. The quantitative estimate of drug-likeness (QED) is 0.921. The van der Waals surface area contributed by atoms with Gasteiger partial charge in [0.2, 0.25) is 11.8 Å². The molecule has 1 aromatic carbocycles. The molecule has 0 bridgehead atoms. The summed E-state index contributed by atoms with van der Waals surface area (Å²) in [6.45, 7) is 1.39. The van der Waals surface area contributed by atoms with Gasteiger partial charge in [0.15, 0.2) is 0 Å². The van der Waals surface area contributed by atoms with Crippen LogP contribution in [0.5, 0.6) is 0 Å². The number of likely N-dealkylation sites (tertiary alicyclic amines) is 1. The highest BCUT2D eigenvalue weighted by Crippen LogP contribution is 2.36. The normalized spacial score (nSPS) is 23.0. The van der Waals surface area contributed by atoms with Crippen LogP contribution in [0.15, 0.2) is 35.7 Å². The molecule has 5 nitrogen and oxygen atoms in total. The predicted octanol–water partition coefficient (Wildman–Crippen LogP) is 2.62. The Morgan fingerprint density at radius 3 is 2.84 bits per heavy atom. The van der Waals surface area contributed by atoms with E-state index in [9.17, 15) is 9.59 Å². The minimum atomic E-state index is -0.617. The van der Waals surface area contributed by atoms with Gasteiger partial charge in [0, 0.05) is 24.0 Å². The van der Waals surface area contributed by atoms with E-state index in [1.165, 1.54) is 0 Å². The number of benzene rings is 1. The Morgan fingerprint density at radius 1 is 1.24 bits per heavy atom. The molecule has 2 amide bonds. The lowest BCUT2D eigenvalue weighted by Gasteiger charge is -2.40. The average Bonchev–Trinajstić information content (AvgIpc) is 3.26. The van der Waals surface area contributed by atoms with E-state index in [4.69, 9.17) is 0 Å². The molecule has 2 aromatic rings. The van der Waals surface area contributed by atoms with Crippen LogP contribution in [0.1, 0.15) is 31.4 Å². The fourth-order valence-corrected chi connectivity index (χ4v) is 4.78. The molecule has 0 radical (unpaired) electrons. The van der Waals surface area contributed by atoms with Crippen LogP contribution in [0.4, 0.5) is 0 Å². The Morgan fingerprint density at radius 2 is 2.04 bits per heavy atom. The van der Waals surface area contributed by atoms with Crippen LogP contribution in [-0.2, 0) is 16.0 Å². The van der Waals surface area contributed by atoms with Crippen LogP contribution in [0, 0.1) is 0 Å². The van der Waals surface area contributed by atoms with E-state index in [0.29, 0.717) is 6.54 Å². The van der Waals surface area contributed by atoms with E-state index in [-0.39, 0.29) is 18.2 Å². The first-order valence-electron chi connectivity index (χ1n) is 8.78. The number of amides is 2. The van der Waals surface area contributed by atoms with Gasteiger partial charge in [0.05, 0.1) is 12.1 Å². The molecule has 25 heavy (non-hydrogen) atoms. The monoisotopic (exact) mass is 355 g/mol. The third-order valence-corrected chi connectivity index (χ3v) is 6.11. The molecule has 2 aliphatic heterocycles. The van der Waals surface area contributed by atoms with Crippen molar-refractivity contribution in [1.29, 1.82) is 0 Å². The van der Waals surface area contributed by atoms with Crippen LogP contribution in [0.25, 0.3) is 10.6 Å². The number of hydrogen-bond donors (Lipinski definition) is 1. The number of nitrogens with zero attached hydrogens (tertiary/aromatic N) is 2. The maximum atomic E-state index is 12.9. The Bertz CT molecular complexity index is 789. The Labute approximate surface area is 151 Å². The van der Waals surface area contributed by atoms with Crippen LogP contribution >= 0.6 is 11.3 Å². The number of carbonyl (C=O) groups excluding carboxylic acids is 2. The van der Waals surface area contributed by atoms with Crippen molar-refractivity contribution in [2.75, 3.05) is 13.1 Å². The second-order valence-corrected chi connectivity index (χ2v) is 7.58. The van der Waals surface area contributed by atoms with Crippen LogP contribution in [0.3, 0.4) is 0 Å². The summed E-state index contributed by atoms with van der Waals surface area (Å²) in [4.78, 5) is 31.8. The summed E-state index contributed by atoms with van der Waals surface area (Å²) in [5.41, 5.74) is 1.23. The molecule has 0 aliphatic carbocycles. The predicted molar refractivity (Wildman–Crippen MR) is 97.2 cm³/mol. The molecule has 1 aromatic heterocycles. The van der Waals surface area contributed by atoms with Crippen molar-refractivity contribution in [3.63, 3.8) is 0 Å². The number of aromatic nitrogens is 1. The summed E-state index contributed by atoms with van der Waals surface area (Å²) in [5.74, 6) is 0.0346. The van der Waals surface area contributed by atoms with Crippen molar-refractivity contribution < 1.29 is 9.59 Å². The molecule has 3 heterocycles. The molecular weight excluding hydrogens is 334 g/mol. The van der Waals surface area contributed by atoms with Gasteiger partial charge in [-0.15, -0.1) is 11.3 Å². The number of thiazole rings is 1. The van der Waals surface area contributed by atoms with Crippen LogP contribution in [0.2, 0.25) is 0 Å². The number of rotatable bonds is 3. The highest BCUT2D eigenvalue weighted by molar-refractivity contribution is 7.13. The third-order valence-electron chi connectivity index (χ3n) is 5.17. The summed E-state index contributed by atoms with van der Waals surface area (Å²) in [7, 11) is 0. The smallest absolute Gasteiger partial charge is 0.245 e. The molecule has 6 heteroatoms. The van der Waals surface area contributed by atoms with E-state index < -0.39 is 5.54 Å². The highest BCUT2D eigenvalue weighted by Gasteiger charge is 2.50. The minimum Gasteiger partial charge on any atom is -0.354 e. The molecule has 1 unspecified atom stereocenters. The van der Waals surface area contributed by atoms with Crippen molar-refractivity contribution in [3.8, 4) is 10.6 Å². The molecule has 2 fully saturated rings. The maximum absolute atomic E-state index is 12.9. The lowest BCUT2D eigenvalue weighted by atomic mass is 9.86. The molecule has 1 atom stereocenters. The Hall–Kier alpha value is -2.21. The lowest BCUT2D eigenvalue weighted by molar-refractivity contribution is -0.146. The number of carbonyl (C=O) groups is 2. The molecule has 2 aliphatic rings. The highest BCUT2D eigenvalue weighted by atomic mass is 32.1.